The Morgan fingerprint density at radius 3 is 2.24 bits per heavy atom. The van der Waals surface area contributed by atoms with Crippen molar-refractivity contribution < 1.29 is 14.6 Å². The monoisotopic (exact) mass is 335 g/mol. The SMILES string of the molecule is COc1ccc(Cn2cc(C)c(-c3ccc(C)cc3)c2C(=O)O)cc1. The number of carboxylic acids is 1. The summed E-state index contributed by atoms with van der Waals surface area (Å²) in [5.74, 6) is -0.136. The van der Waals surface area contributed by atoms with Gasteiger partial charge in [-0.15, -0.1) is 0 Å². The summed E-state index contributed by atoms with van der Waals surface area (Å²) >= 11 is 0. The highest BCUT2D eigenvalue weighted by atomic mass is 16.5. The minimum Gasteiger partial charge on any atom is -0.497 e. The van der Waals surface area contributed by atoms with E-state index in [-0.39, 0.29) is 0 Å². The molecule has 0 radical (unpaired) electrons. The summed E-state index contributed by atoms with van der Waals surface area (Å²) in [5, 5.41) is 9.80. The number of aryl methyl sites for hydroxylation is 2. The summed E-state index contributed by atoms with van der Waals surface area (Å²) in [4.78, 5) is 11.9. The smallest absolute Gasteiger partial charge is 0.353 e. The number of carbonyl (C=O) groups is 1. The van der Waals surface area contributed by atoms with Crippen LogP contribution in [0.4, 0.5) is 0 Å². The van der Waals surface area contributed by atoms with Crippen molar-refractivity contribution in [1.82, 2.24) is 4.57 Å². The van der Waals surface area contributed by atoms with Gasteiger partial charge < -0.3 is 14.4 Å². The van der Waals surface area contributed by atoms with Gasteiger partial charge in [0, 0.05) is 18.3 Å². The largest absolute Gasteiger partial charge is 0.497 e. The highest BCUT2D eigenvalue weighted by molar-refractivity contribution is 5.96. The van der Waals surface area contributed by atoms with Gasteiger partial charge in [0.25, 0.3) is 0 Å². The number of ether oxygens (including phenoxy) is 1. The Kier molecular flexibility index (Phi) is 4.61. The van der Waals surface area contributed by atoms with Crippen molar-refractivity contribution in [3.05, 3.63) is 77.1 Å². The Bertz CT molecular complexity index is 890. The quantitative estimate of drug-likeness (QED) is 0.745. The molecule has 4 heteroatoms. The molecule has 0 aliphatic heterocycles. The summed E-state index contributed by atoms with van der Waals surface area (Å²) in [6.45, 7) is 4.47. The van der Waals surface area contributed by atoms with Gasteiger partial charge in [-0.1, -0.05) is 42.0 Å². The van der Waals surface area contributed by atoms with Crippen molar-refractivity contribution in [2.75, 3.05) is 7.11 Å². The fraction of sp³-hybridized carbons (Fsp3) is 0.190. The topological polar surface area (TPSA) is 51.5 Å². The fourth-order valence-corrected chi connectivity index (χ4v) is 3.06. The molecule has 3 rings (SSSR count). The number of benzene rings is 2. The molecule has 1 heterocycles. The van der Waals surface area contributed by atoms with Gasteiger partial charge in [0.2, 0.25) is 0 Å². The van der Waals surface area contributed by atoms with E-state index in [0.717, 1.165) is 33.6 Å². The van der Waals surface area contributed by atoms with Crippen LogP contribution in [0.2, 0.25) is 0 Å². The molecule has 0 spiro atoms. The van der Waals surface area contributed by atoms with Gasteiger partial charge in [0.1, 0.15) is 11.4 Å². The average Bonchev–Trinajstić information content (AvgIpc) is 2.92. The highest BCUT2D eigenvalue weighted by Crippen LogP contribution is 2.30. The second-order valence-electron chi connectivity index (χ2n) is 6.18. The Hall–Kier alpha value is -3.01. The molecule has 0 atom stereocenters. The lowest BCUT2D eigenvalue weighted by molar-refractivity contribution is 0.0686. The standard InChI is InChI=1S/C21H21NO3/c1-14-4-8-17(9-5-14)19-15(2)12-22(20(19)21(23)24)13-16-6-10-18(25-3)11-7-16/h4-12H,13H2,1-3H3,(H,23,24). The first-order valence-electron chi connectivity index (χ1n) is 8.12. The number of aromatic carboxylic acids is 1. The predicted octanol–water partition coefficient (Wildman–Crippen LogP) is 4.53. The predicted molar refractivity (Wildman–Crippen MR) is 98.4 cm³/mol. The van der Waals surface area contributed by atoms with Crippen molar-refractivity contribution in [3.63, 3.8) is 0 Å². The molecule has 0 aliphatic rings. The van der Waals surface area contributed by atoms with E-state index in [1.165, 1.54) is 0 Å². The molecule has 2 aromatic carbocycles. The van der Waals surface area contributed by atoms with Crippen molar-refractivity contribution in [2.45, 2.75) is 20.4 Å². The Morgan fingerprint density at radius 2 is 1.68 bits per heavy atom. The van der Waals surface area contributed by atoms with Crippen LogP contribution >= 0.6 is 0 Å². The Balaban J connectivity index is 2.03. The van der Waals surface area contributed by atoms with Gasteiger partial charge in [0.15, 0.2) is 0 Å². The number of aromatic nitrogens is 1. The molecular weight excluding hydrogens is 314 g/mol. The third-order valence-corrected chi connectivity index (χ3v) is 4.32. The number of hydrogen-bond donors (Lipinski definition) is 1. The van der Waals surface area contributed by atoms with Gasteiger partial charge in [-0.3, -0.25) is 0 Å². The number of nitrogens with zero attached hydrogens (tertiary/aromatic N) is 1. The molecular formula is C21H21NO3. The zero-order chi connectivity index (χ0) is 18.0. The lowest BCUT2D eigenvalue weighted by atomic mass is 10.0. The van der Waals surface area contributed by atoms with Crippen LogP contribution in [0.25, 0.3) is 11.1 Å². The maximum atomic E-state index is 11.9. The zero-order valence-corrected chi connectivity index (χ0v) is 14.6. The summed E-state index contributed by atoms with van der Waals surface area (Å²) in [6, 6.07) is 15.6. The lowest BCUT2D eigenvalue weighted by Gasteiger charge is -2.09. The van der Waals surface area contributed by atoms with Crippen LogP contribution in [0.3, 0.4) is 0 Å². The first-order chi connectivity index (χ1) is 12.0. The second-order valence-corrected chi connectivity index (χ2v) is 6.18. The van der Waals surface area contributed by atoms with E-state index in [1.807, 2.05) is 68.6 Å². The molecule has 128 valence electrons. The lowest BCUT2D eigenvalue weighted by Crippen LogP contribution is -2.10. The van der Waals surface area contributed by atoms with Crippen LogP contribution in [-0.4, -0.2) is 22.8 Å². The van der Waals surface area contributed by atoms with Crippen LogP contribution < -0.4 is 4.74 Å². The maximum absolute atomic E-state index is 11.9. The van der Waals surface area contributed by atoms with Gasteiger partial charge >= 0.3 is 5.97 Å². The fourth-order valence-electron chi connectivity index (χ4n) is 3.06. The number of rotatable bonds is 5. The van der Waals surface area contributed by atoms with E-state index in [2.05, 4.69) is 0 Å². The molecule has 0 amide bonds. The summed E-state index contributed by atoms with van der Waals surface area (Å²) in [5.41, 5.74) is 5.15. The second kappa shape index (κ2) is 6.85. The normalized spacial score (nSPS) is 10.7. The minimum atomic E-state index is -0.919. The molecule has 25 heavy (non-hydrogen) atoms. The van der Waals surface area contributed by atoms with E-state index in [9.17, 15) is 9.90 Å². The molecule has 0 saturated heterocycles. The number of methoxy groups -OCH3 is 1. The molecule has 0 unspecified atom stereocenters. The number of hydrogen-bond acceptors (Lipinski definition) is 2. The van der Waals surface area contributed by atoms with Gasteiger partial charge in [0.05, 0.1) is 7.11 Å². The molecule has 3 aromatic rings. The first-order valence-corrected chi connectivity index (χ1v) is 8.12. The van der Waals surface area contributed by atoms with Crippen molar-refractivity contribution >= 4 is 5.97 Å². The molecule has 0 fully saturated rings. The molecule has 4 nitrogen and oxygen atoms in total. The van der Waals surface area contributed by atoms with Crippen LogP contribution in [0, 0.1) is 13.8 Å². The van der Waals surface area contributed by atoms with Gasteiger partial charge in [-0.25, -0.2) is 4.79 Å². The maximum Gasteiger partial charge on any atom is 0.353 e. The minimum absolute atomic E-state index is 0.317. The van der Waals surface area contributed by atoms with Crippen molar-refractivity contribution in [1.29, 1.82) is 0 Å². The van der Waals surface area contributed by atoms with Crippen LogP contribution in [-0.2, 0) is 6.54 Å². The van der Waals surface area contributed by atoms with E-state index in [4.69, 9.17) is 4.74 Å². The summed E-state index contributed by atoms with van der Waals surface area (Å²) in [6.07, 6.45) is 1.91. The first kappa shape index (κ1) is 16.8. The van der Waals surface area contributed by atoms with Crippen molar-refractivity contribution in [2.24, 2.45) is 0 Å². The van der Waals surface area contributed by atoms with E-state index < -0.39 is 5.97 Å². The molecule has 0 bridgehead atoms. The van der Waals surface area contributed by atoms with Gasteiger partial charge in [-0.2, -0.15) is 0 Å². The van der Waals surface area contributed by atoms with Gasteiger partial charge in [-0.05, 0) is 42.7 Å². The molecule has 0 aliphatic carbocycles. The van der Waals surface area contributed by atoms with Crippen LogP contribution in [0.1, 0.15) is 27.2 Å². The van der Waals surface area contributed by atoms with Crippen LogP contribution in [0.5, 0.6) is 5.75 Å². The van der Waals surface area contributed by atoms with E-state index >= 15 is 0 Å². The Morgan fingerprint density at radius 1 is 1.04 bits per heavy atom. The van der Waals surface area contributed by atoms with E-state index in [0.29, 0.717) is 12.2 Å². The van der Waals surface area contributed by atoms with Crippen molar-refractivity contribution in [3.8, 4) is 16.9 Å². The molecule has 1 aromatic heterocycles. The molecule has 0 saturated carbocycles. The Labute approximate surface area is 147 Å². The average molecular weight is 335 g/mol. The third kappa shape index (κ3) is 3.43. The summed E-state index contributed by atoms with van der Waals surface area (Å²) in [7, 11) is 1.63. The molecule has 1 N–H and O–H groups in total. The number of carboxylic acid groups (broad SMARTS) is 1. The third-order valence-electron chi connectivity index (χ3n) is 4.32. The summed E-state index contributed by atoms with van der Waals surface area (Å²) < 4.78 is 6.97. The highest BCUT2D eigenvalue weighted by Gasteiger charge is 2.20. The zero-order valence-electron chi connectivity index (χ0n) is 14.6. The van der Waals surface area contributed by atoms with Crippen LogP contribution in [0.15, 0.2) is 54.7 Å². The van der Waals surface area contributed by atoms with E-state index in [1.54, 1.807) is 11.7 Å².